The lowest BCUT2D eigenvalue weighted by molar-refractivity contribution is -0.144. The molecule has 0 saturated heterocycles. The molecule has 1 aliphatic heterocycles. The Hall–Kier alpha value is -4.04. The smallest absolute Gasteiger partial charge is 0.326 e. The van der Waals surface area contributed by atoms with Gasteiger partial charge in [-0.1, -0.05) is 43.3 Å². The average Bonchev–Trinajstić information content (AvgIpc) is 3.40. The first-order valence-electron chi connectivity index (χ1n) is 11.3. The molecular weight excluding hydrogens is 462 g/mol. The first kappa shape index (κ1) is 22.7. The fourth-order valence-electron chi connectivity index (χ4n) is 3.83. The predicted molar refractivity (Wildman–Crippen MR) is 134 cm³/mol. The Morgan fingerprint density at radius 3 is 2.69 bits per heavy atom. The summed E-state index contributed by atoms with van der Waals surface area (Å²) < 4.78 is 11.4. The lowest BCUT2D eigenvalue weighted by Crippen LogP contribution is -2.48. The molecule has 3 heterocycles. The molecular formula is C27H23N3O4S. The van der Waals surface area contributed by atoms with E-state index in [1.54, 1.807) is 6.20 Å². The zero-order valence-corrected chi connectivity index (χ0v) is 19.9. The van der Waals surface area contributed by atoms with E-state index in [0.29, 0.717) is 17.9 Å². The molecule has 4 aromatic rings. The number of anilines is 1. The van der Waals surface area contributed by atoms with E-state index in [2.05, 4.69) is 4.98 Å². The third-order valence-corrected chi connectivity index (χ3v) is 6.51. The summed E-state index contributed by atoms with van der Waals surface area (Å²) in [6.07, 6.45) is 1.58. The van der Waals surface area contributed by atoms with E-state index in [0.717, 1.165) is 27.5 Å². The van der Waals surface area contributed by atoms with Gasteiger partial charge in [0.05, 0.1) is 17.1 Å². The van der Waals surface area contributed by atoms with Crippen LogP contribution in [0.25, 0.3) is 22.0 Å². The molecule has 2 aromatic carbocycles. The van der Waals surface area contributed by atoms with E-state index in [1.807, 2.05) is 79.0 Å². The number of amides is 1. The number of thiazole rings is 1. The minimum atomic E-state index is -0.648. The van der Waals surface area contributed by atoms with Crippen molar-refractivity contribution in [3.05, 3.63) is 83.9 Å². The lowest BCUT2D eigenvalue weighted by atomic mass is 10.1. The number of hydrogen-bond acceptors (Lipinski definition) is 7. The molecule has 0 saturated carbocycles. The molecule has 5 rings (SSSR count). The van der Waals surface area contributed by atoms with Crippen LogP contribution in [0.15, 0.2) is 78.3 Å². The fourth-order valence-corrected chi connectivity index (χ4v) is 4.64. The zero-order valence-electron chi connectivity index (χ0n) is 19.1. The van der Waals surface area contributed by atoms with Crippen LogP contribution in [0.2, 0.25) is 0 Å². The van der Waals surface area contributed by atoms with E-state index in [4.69, 9.17) is 14.5 Å². The van der Waals surface area contributed by atoms with Crippen molar-refractivity contribution < 1.29 is 19.1 Å². The van der Waals surface area contributed by atoms with Crippen molar-refractivity contribution in [1.82, 2.24) is 9.97 Å². The first-order valence-corrected chi connectivity index (χ1v) is 12.2. The van der Waals surface area contributed by atoms with Crippen molar-refractivity contribution in [2.75, 3.05) is 11.4 Å². The zero-order chi connectivity index (χ0) is 24.2. The molecule has 0 fully saturated rings. The Bertz CT molecular complexity index is 1340. The van der Waals surface area contributed by atoms with Gasteiger partial charge >= 0.3 is 5.97 Å². The van der Waals surface area contributed by atoms with Crippen molar-refractivity contribution in [1.29, 1.82) is 0 Å². The molecule has 7 nitrogen and oxygen atoms in total. The van der Waals surface area contributed by atoms with Crippen LogP contribution in [0.4, 0.5) is 5.69 Å². The van der Waals surface area contributed by atoms with Gasteiger partial charge in [0.2, 0.25) is 0 Å². The van der Waals surface area contributed by atoms with Gasteiger partial charge in [-0.3, -0.25) is 19.5 Å². The van der Waals surface area contributed by atoms with Crippen molar-refractivity contribution in [2.45, 2.75) is 26.1 Å². The van der Waals surface area contributed by atoms with Crippen molar-refractivity contribution in [3.8, 4) is 27.7 Å². The topological polar surface area (TPSA) is 81.6 Å². The summed E-state index contributed by atoms with van der Waals surface area (Å²) in [4.78, 5) is 36.3. The number of pyridine rings is 1. The van der Waals surface area contributed by atoms with Gasteiger partial charge in [-0.15, -0.1) is 11.3 Å². The Morgan fingerprint density at radius 2 is 1.91 bits per heavy atom. The van der Waals surface area contributed by atoms with Crippen LogP contribution in [-0.2, 0) is 20.9 Å². The standard InChI is InChI=1S/C27H23N3O4S/c1-2-23-27(32)30(15-25(31)33-16-18-8-4-3-5-9-18)22-14-19(11-12-24(22)34-23)21-17-35-26(29-21)20-10-6-7-13-28-20/h3-14,17,23H,2,15-16H2,1H3. The molecule has 2 aromatic heterocycles. The van der Waals surface area contributed by atoms with Crippen LogP contribution in [0, 0.1) is 0 Å². The minimum Gasteiger partial charge on any atom is -0.478 e. The summed E-state index contributed by atoms with van der Waals surface area (Å²) in [5, 5.41) is 2.75. The number of rotatable bonds is 7. The number of nitrogens with zero attached hydrogens (tertiary/aromatic N) is 3. The molecule has 0 spiro atoms. The third kappa shape index (κ3) is 4.93. The normalized spacial score (nSPS) is 14.8. The molecule has 1 aliphatic rings. The summed E-state index contributed by atoms with van der Waals surface area (Å²) in [6, 6.07) is 20.7. The molecule has 176 valence electrons. The van der Waals surface area contributed by atoms with Crippen molar-refractivity contribution in [3.63, 3.8) is 0 Å². The number of benzene rings is 2. The van der Waals surface area contributed by atoms with Crippen LogP contribution in [0.3, 0.4) is 0 Å². The number of carbonyl (C=O) groups is 2. The van der Waals surface area contributed by atoms with Gasteiger partial charge in [-0.2, -0.15) is 0 Å². The maximum Gasteiger partial charge on any atom is 0.326 e. The highest BCUT2D eigenvalue weighted by Crippen LogP contribution is 2.39. The molecule has 0 aliphatic carbocycles. The van der Waals surface area contributed by atoms with Gasteiger partial charge in [-0.25, -0.2) is 4.98 Å². The summed E-state index contributed by atoms with van der Waals surface area (Å²) in [5.74, 6) is -0.195. The van der Waals surface area contributed by atoms with E-state index in [-0.39, 0.29) is 19.1 Å². The van der Waals surface area contributed by atoms with Crippen LogP contribution < -0.4 is 9.64 Å². The second-order valence-electron chi connectivity index (χ2n) is 8.02. The summed E-state index contributed by atoms with van der Waals surface area (Å²) in [7, 11) is 0. The van der Waals surface area contributed by atoms with Gasteiger partial charge in [0.1, 0.15) is 23.9 Å². The first-order chi connectivity index (χ1) is 17.1. The second-order valence-corrected chi connectivity index (χ2v) is 8.88. The maximum absolute atomic E-state index is 13.1. The predicted octanol–water partition coefficient (Wildman–Crippen LogP) is 5.12. The Labute approximate surface area is 207 Å². The molecule has 8 heteroatoms. The third-order valence-electron chi connectivity index (χ3n) is 5.65. The van der Waals surface area contributed by atoms with Crippen LogP contribution in [0.5, 0.6) is 5.75 Å². The number of esters is 1. The maximum atomic E-state index is 13.1. The molecule has 0 radical (unpaired) electrons. The van der Waals surface area contributed by atoms with Crippen LogP contribution in [-0.4, -0.2) is 34.5 Å². The summed E-state index contributed by atoms with van der Waals surface area (Å²) in [6.45, 7) is 1.83. The molecule has 1 atom stereocenters. The fraction of sp³-hybridized carbons (Fsp3) is 0.185. The Balaban J connectivity index is 1.40. The molecule has 0 bridgehead atoms. The summed E-state index contributed by atoms with van der Waals surface area (Å²) in [5.41, 5.74) is 3.79. The SMILES string of the molecule is CCC1Oc2ccc(-c3csc(-c4ccccn4)n3)cc2N(CC(=O)OCc2ccccc2)C1=O. The van der Waals surface area contributed by atoms with Gasteiger partial charge in [0.25, 0.3) is 5.91 Å². The summed E-state index contributed by atoms with van der Waals surface area (Å²) >= 11 is 1.50. The Kier molecular flexibility index (Phi) is 6.54. The van der Waals surface area contributed by atoms with Gasteiger partial charge in [0.15, 0.2) is 6.10 Å². The number of hydrogen-bond donors (Lipinski definition) is 0. The highest BCUT2D eigenvalue weighted by Gasteiger charge is 2.35. The van der Waals surface area contributed by atoms with Crippen LogP contribution >= 0.6 is 11.3 Å². The highest BCUT2D eigenvalue weighted by atomic mass is 32.1. The average molecular weight is 486 g/mol. The minimum absolute atomic E-state index is 0.150. The molecule has 35 heavy (non-hydrogen) atoms. The van der Waals surface area contributed by atoms with Crippen LogP contribution in [0.1, 0.15) is 18.9 Å². The van der Waals surface area contributed by atoms with Gasteiger partial charge in [-0.05, 0) is 42.3 Å². The van der Waals surface area contributed by atoms with E-state index >= 15 is 0 Å². The van der Waals surface area contributed by atoms with E-state index < -0.39 is 12.1 Å². The second kappa shape index (κ2) is 10.1. The molecule has 0 N–H and O–H groups in total. The number of ether oxygens (including phenoxy) is 2. The van der Waals surface area contributed by atoms with Crippen molar-refractivity contribution >= 4 is 28.9 Å². The molecule has 1 unspecified atom stereocenters. The largest absolute Gasteiger partial charge is 0.478 e. The monoisotopic (exact) mass is 485 g/mol. The number of aromatic nitrogens is 2. The van der Waals surface area contributed by atoms with Crippen molar-refractivity contribution in [2.24, 2.45) is 0 Å². The molecule has 1 amide bonds. The van der Waals surface area contributed by atoms with E-state index in [9.17, 15) is 9.59 Å². The lowest BCUT2D eigenvalue weighted by Gasteiger charge is -2.33. The number of carbonyl (C=O) groups excluding carboxylic acids is 2. The van der Waals surface area contributed by atoms with E-state index in [1.165, 1.54) is 16.2 Å². The highest BCUT2D eigenvalue weighted by molar-refractivity contribution is 7.13. The van der Waals surface area contributed by atoms with Gasteiger partial charge < -0.3 is 9.47 Å². The quantitative estimate of drug-likeness (QED) is 0.338. The Morgan fingerprint density at radius 1 is 1.09 bits per heavy atom. The number of fused-ring (bicyclic) bond motifs is 1. The van der Waals surface area contributed by atoms with Gasteiger partial charge in [0, 0.05) is 17.1 Å².